The van der Waals surface area contributed by atoms with Crippen LogP contribution in [0.25, 0.3) is 0 Å². The quantitative estimate of drug-likeness (QED) is 0.810. The number of carbonyl (C=O) groups is 1. The van der Waals surface area contributed by atoms with E-state index >= 15 is 0 Å². The van der Waals surface area contributed by atoms with Gasteiger partial charge in [-0.1, -0.05) is 0 Å². The number of likely N-dealkylation sites (tertiary alicyclic amines) is 1. The third-order valence-electron chi connectivity index (χ3n) is 5.98. The van der Waals surface area contributed by atoms with E-state index in [-0.39, 0.29) is 11.9 Å². The summed E-state index contributed by atoms with van der Waals surface area (Å²) in [5.41, 5.74) is 1.90. The van der Waals surface area contributed by atoms with Crippen molar-refractivity contribution in [3.63, 3.8) is 0 Å². The Bertz CT molecular complexity index is 809. The van der Waals surface area contributed by atoms with E-state index in [1.54, 1.807) is 7.11 Å². The van der Waals surface area contributed by atoms with Gasteiger partial charge in [-0.25, -0.2) is 4.98 Å². The van der Waals surface area contributed by atoms with E-state index in [9.17, 15) is 4.79 Å². The zero-order valence-electron chi connectivity index (χ0n) is 16.8. The Labute approximate surface area is 166 Å². The third-order valence-corrected chi connectivity index (χ3v) is 5.98. The fourth-order valence-corrected chi connectivity index (χ4v) is 4.46. The van der Waals surface area contributed by atoms with Gasteiger partial charge >= 0.3 is 0 Å². The van der Waals surface area contributed by atoms with Gasteiger partial charge in [0.1, 0.15) is 11.6 Å². The molecule has 2 aliphatic rings. The number of hydrogen-bond donors (Lipinski definition) is 0. The molecule has 2 aromatic rings. The van der Waals surface area contributed by atoms with Crippen molar-refractivity contribution in [2.75, 3.05) is 33.4 Å². The number of carbonyl (C=O) groups excluding carboxylic acids is 1. The van der Waals surface area contributed by atoms with Gasteiger partial charge in [-0.15, -0.1) is 0 Å². The fraction of sp³-hybridized carbons (Fsp3) is 0.545. The Balaban J connectivity index is 1.52. The lowest BCUT2D eigenvalue weighted by atomic mass is 9.97. The molecule has 0 N–H and O–H groups in total. The van der Waals surface area contributed by atoms with Crippen molar-refractivity contribution in [1.82, 2.24) is 14.5 Å². The molecule has 28 heavy (non-hydrogen) atoms. The van der Waals surface area contributed by atoms with Crippen molar-refractivity contribution >= 4 is 5.91 Å². The van der Waals surface area contributed by atoms with Gasteiger partial charge in [-0.3, -0.25) is 4.79 Å². The minimum Gasteiger partial charge on any atom is -0.497 e. The van der Waals surface area contributed by atoms with Crippen molar-refractivity contribution in [3.05, 3.63) is 47.5 Å². The van der Waals surface area contributed by atoms with Gasteiger partial charge in [0, 0.05) is 49.7 Å². The lowest BCUT2D eigenvalue weighted by Gasteiger charge is -2.36. The summed E-state index contributed by atoms with van der Waals surface area (Å²) in [6, 6.07) is 7.67. The summed E-state index contributed by atoms with van der Waals surface area (Å²) in [7, 11) is 1.63. The van der Waals surface area contributed by atoms with Gasteiger partial charge in [0.2, 0.25) is 0 Å². The van der Waals surface area contributed by atoms with Gasteiger partial charge < -0.3 is 18.9 Å². The highest BCUT2D eigenvalue weighted by Gasteiger charge is 2.30. The molecule has 0 bridgehead atoms. The predicted octanol–water partition coefficient (Wildman–Crippen LogP) is 3.57. The molecule has 1 amide bonds. The van der Waals surface area contributed by atoms with Crippen LogP contribution in [0.1, 0.15) is 59.5 Å². The molecule has 150 valence electrons. The number of amides is 1. The summed E-state index contributed by atoms with van der Waals surface area (Å²) in [5, 5.41) is 0. The minimum absolute atomic E-state index is 0.0951. The molecule has 0 saturated carbocycles. The molecular weight excluding hydrogens is 354 g/mol. The first-order valence-electron chi connectivity index (χ1n) is 10.2. The SMILES string of the molecule is COc1ccc(C(=O)N2CCCC(n3c(C)cnc3C3CCOCC3)C2)cc1. The van der Waals surface area contributed by atoms with Gasteiger partial charge in [-0.05, 0) is 56.9 Å². The van der Waals surface area contributed by atoms with Crippen LogP contribution in [0.3, 0.4) is 0 Å². The number of imidazole rings is 1. The Morgan fingerprint density at radius 2 is 1.93 bits per heavy atom. The average Bonchev–Trinajstić information content (AvgIpc) is 3.15. The zero-order chi connectivity index (χ0) is 19.5. The molecule has 0 aliphatic carbocycles. The summed E-state index contributed by atoms with van der Waals surface area (Å²) in [6.07, 6.45) is 6.13. The second-order valence-electron chi connectivity index (χ2n) is 7.79. The maximum Gasteiger partial charge on any atom is 0.253 e. The number of hydrogen-bond acceptors (Lipinski definition) is 4. The summed E-state index contributed by atoms with van der Waals surface area (Å²) in [5.74, 6) is 2.49. The molecule has 1 atom stereocenters. The van der Waals surface area contributed by atoms with Crippen molar-refractivity contribution < 1.29 is 14.3 Å². The molecule has 6 heteroatoms. The maximum atomic E-state index is 13.0. The number of piperidine rings is 1. The van der Waals surface area contributed by atoms with E-state index in [0.29, 0.717) is 11.5 Å². The molecule has 6 nitrogen and oxygen atoms in total. The molecule has 2 fully saturated rings. The highest BCUT2D eigenvalue weighted by molar-refractivity contribution is 5.94. The van der Waals surface area contributed by atoms with Crippen LogP contribution >= 0.6 is 0 Å². The molecule has 4 rings (SSSR count). The first kappa shape index (κ1) is 19.0. The summed E-state index contributed by atoms with van der Waals surface area (Å²) >= 11 is 0. The molecule has 1 aromatic heterocycles. The first-order chi connectivity index (χ1) is 13.7. The van der Waals surface area contributed by atoms with E-state index in [0.717, 1.165) is 57.7 Å². The fourth-order valence-electron chi connectivity index (χ4n) is 4.46. The number of benzene rings is 1. The number of rotatable bonds is 4. The van der Waals surface area contributed by atoms with Crippen LogP contribution in [0, 0.1) is 6.92 Å². The second-order valence-corrected chi connectivity index (χ2v) is 7.79. The molecule has 0 spiro atoms. The van der Waals surface area contributed by atoms with E-state index in [1.807, 2.05) is 35.4 Å². The number of aromatic nitrogens is 2. The van der Waals surface area contributed by atoms with Crippen molar-refractivity contribution in [3.8, 4) is 5.75 Å². The van der Waals surface area contributed by atoms with Crippen LogP contribution in [-0.2, 0) is 4.74 Å². The van der Waals surface area contributed by atoms with E-state index in [2.05, 4.69) is 11.5 Å². The maximum absolute atomic E-state index is 13.0. The highest BCUT2D eigenvalue weighted by atomic mass is 16.5. The smallest absolute Gasteiger partial charge is 0.253 e. The van der Waals surface area contributed by atoms with E-state index < -0.39 is 0 Å². The normalized spacial score (nSPS) is 20.9. The average molecular weight is 383 g/mol. The Morgan fingerprint density at radius 3 is 2.64 bits per heavy atom. The molecule has 1 unspecified atom stereocenters. The standard InChI is InChI=1S/C22H29N3O3/c1-16-14-23-21(17-9-12-28-13-10-17)25(16)19-4-3-11-24(15-19)22(26)18-5-7-20(27-2)8-6-18/h5-8,14,17,19H,3-4,9-13,15H2,1-2H3. The van der Waals surface area contributed by atoms with Gasteiger partial charge in [0.25, 0.3) is 5.91 Å². The Morgan fingerprint density at radius 1 is 1.18 bits per heavy atom. The Kier molecular flexibility index (Phi) is 5.67. The first-order valence-corrected chi connectivity index (χ1v) is 10.2. The zero-order valence-corrected chi connectivity index (χ0v) is 16.8. The van der Waals surface area contributed by atoms with Crippen molar-refractivity contribution in [2.24, 2.45) is 0 Å². The van der Waals surface area contributed by atoms with Crippen LogP contribution in [0.5, 0.6) is 5.75 Å². The number of methoxy groups -OCH3 is 1. The monoisotopic (exact) mass is 383 g/mol. The largest absolute Gasteiger partial charge is 0.497 e. The van der Waals surface area contributed by atoms with Crippen molar-refractivity contribution in [1.29, 1.82) is 0 Å². The molecule has 1 aromatic carbocycles. The second kappa shape index (κ2) is 8.35. The van der Waals surface area contributed by atoms with Crippen LogP contribution in [-0.4, -0.2) is 53.8 Å². The molecule has 3 heterocycles. The minimum atomic E-state index is 0.0951. The van der Waals surface area contributed by atoms with Gasteiger partial charge in [-0.2, -0.15) is 0 Å². The topological polar surface area (TPSA) is 56.6 Å². The van der Waals surface area contributed by atoms with Crippen LogP contribution < -0.4 is 4.74 Å². The highest BCUT2D eigenvalue weighted by Crippen LogP contribution is 2.32. The molecule has 0 radical (unpaired) electrons. The lowest BCUT2D eigenvalue weighted by Crippen LogP contribution is -2.41. The molecular formula is C22H29N3O3. The van der Waals surface area contributed by atoms with E-state index in [4.69, 9.17) is 14.5 Å². The van der Waals surface area contributed by atoms with Gasteiger partial charge in [0.15, 0.2) is 0 Å². The summed E-state index contributed by atoms with van der Waals surface area (Å²) < 4.78 is 13.1. The summed E-state index contributed by atoms with van der Waals surface area (Å²) in [6.45, 7) is 5.28. The molecule has 2 saturated heterocycles. The number of nitrogens with zero attached hydrogens (tertiary/aromatic N) is 3. The van der Waals surface area contributed by atoms with Crippen LogP contribution in [0.2, 0.25) is 0 Å². The van der Waals surface area contributed by atoms with Crippen LogP contribution in [0.4, 0.5) is 0 Å². The van der Waals surface area contributed by atoms with Gasteiger partial charge in [0.05, 0.1) is 13.2 Å². The third kappa shape index (κ3) is 3.78. The predicted molar refractivity (Wildman–Crippen MR) is 107 cm³/mol. The number of aryl methyl sites for hydroxylation is 1. The summed E-state index contributed by atoms with van der Waals surface area (Å²) in [4.78, 5) is 19.8. The molecule has 2 aliphatic heterocycles. The van der Waals surface area contributed by atoms with Crippen molar-refractivity contribution in [2.45, 2.75) is 44.6 Å². The van der Waals surface area contributed by atoms with E-state index in [1.165, 1.54) is 11.5 Å². The number of ether oxygens (including phenoxy) is 2. The van der Waals surface area contributed by atoms with Crippen LogP contribution in [0.15, 0.2) is 30.5 Å². The Hall–Kier alpha value is -2.34. The lowest BCUT2D eigenvalue weighted by molar-refractivity contribution is 0.0666.